The summed E-state index contributed by atoms with van der Waals surface area (Å²) in [6, 6.07) is 0. The fourth-order valence-electron chi connectivity index (χ4n) is 2.03. The van der Waals surface area contributed by atoms with E-state index in [4.69, 9.17) is 10.5 Å². The smallest absolute Gasteiger partial charge is 0.227 e. The number of amides is 1. The summed E-state index contributed by atoms with van der Waals surface area (Å²) in [5.74, 6) is 0.106. The first-order valence-corrected chi connectivity index (χ1v) is 5.22. The predicted molar refractivity (Wildman–Crippen MR) is 54.8 cm³/mol. The summed E-state index contributed by atoms with van der Waals surface area (Å²) in [6.07, 6.45) is 4.11. The van der Waals surface area contributed by atoms with Crippen LogP contribution in [0.2, 0.25) is 0 Å². The maximum atomic E-state index is 11.8. The number of nitrogens with two attached hydrogens (primary N) is 1. The third kappa shape index (κ3) is 2.45. The highest BCUT2D eigenvalue weighted by atomic mass is 16.5. The molecule has 4 nitrogen and oxygen atoms in total. The van der Waals surface area contributed by atoms with Gasteiger partial charge in [-0.05, 0) is 12.8 Å². The molecule has 1 fully saturated rings. The first-order valence-electron chi connectivity index (χ1n) is 5.22. The van der Waals surface area contributed by atoms with E-state index in [1.807, 2.05) is 0 Å². The molecule has 4 heteroatoms. The van der Waals surface area contributed by atoms with Crippen LogP contribution in [0.5, 0.6) is 0 Å². The van der Waals surface area contributed by atoms with Gasteiger partial charge >= 0.3 is 0 Å². The number of hydrogen-bond acceptors (Lipinski definition) is 3. The topological polar surface area (TPSA) is 64.3 Å². The van der Waals surface area contributed by atoms with Crippen LogP contribution in [0.1, 0.15) is 25.7 Å². The molecule has 0 spiro atoms. The molecular weight excluding hydrogens is 180 g/mol. The lowest BCUT2D eigenvalue weighted by Crippen LogP contribution is -2.45. The highest BCUT2D eigenvalue weighted by Gasteiger charge is 2.39. The van der Waals surface area contributed by atoms with Gasteiger partial charge in [0, 0.05) is 20.2 Å². The van der Waals surface area contributed by atoms with Gasteiger partial charge in [0.15, 0.2) is 0 Å². The lowest BCUT2D eigenvalue weighted by atomic mass is 9.85. The molecule has 0 saturated heterocycles. The van der Waals surface area contributed by atoms with E-state index in [1.54, 1.807) is 7.11 Å². The summed E-state index contributed by atoms with van der Waals surface area (Å²) in [7, 11) is 1.63. The van der Waals surface area contributed by atoms with Crippen LogP contribution in [-0.2, 0) is 9.53 Å². The number of rotatable bonds is 5. The van der Waals surface area contributed by atoms with Crippen LogP contribution in [0.25, 0.3) is 0 Å². The van der Waals surface area contributed by atoms with Crippen LogP contribution in [-0.4, -0.2) is 32.7 Å². The van der Waals surface area contributed by atoms with Gasteiger partial charge in [-0.15, -0.1) is 0 Å². The fourth-order valence-corrected chi connectivity index (χ4v) is 2.03. The minimum atomic E-state index is -0.284. The van der Waals surface area contributed by atoms with Crippen molar-refractivity contribution in [3.05, 3.63) is 0 Å². The molecule has 1 rings (SSSR count). The number of nitrogens with one attached hydrogen (secondary N) is 1. The first-order chi connectivity index (χ1) is 6.75. The second kappa shape index (κ2) is 5.32. The Hall–Kier alpha value is -0.610. The highest BCUT2D eigenvalue weighted by molar-refractivity contribution is 5.83. The van der Waals surface area contributed by atoms with Crippen molar-refractivity contribution in [3.63, 3.8) is 0 Å². The lowest BCUT2D eigenvalue weighted by molar-refractivity contribution is -0.130. The van der Waals surface area contributed by atoms with Crippen molar-refractivity contribution in [2.45, 2.75) is 25.7 Å². The monoisotopic (exact) mass is 200 g/mol. The molecule has 1 saturated carbocycles. The minimum absolute atomic E-state index is 0.106. The molecular formula is C10H20N2O2. The van der Waals surface area contributed by atoms with E-state index in [1.165, 1.54) is 0 Å². The molecule has 1 aliphatic carbocycles. The Kier molecular flexibility index (Phi) is 4.35. The van der Waals surface area contributed by atoms with Gasteiger partial charge in [-0.2, -0.15) is 0 Å². The third-order valence-electron chi connectivity index (χ3n) is 3.02. The van der Waals surface area contributed by atoms with Crippen LogP contribution in [0, 0.1) is 5.41 Å². The van der Waals surface area contributed by atoms with Crippen molar-refractivity contribution >= 4 is 5.91 Å². The molecule has 0 radical (unpaired) electrons. The van der Waals surface area contributed by atoms with E-state index in [0.29, 0.717) is 19.7 Å². The van der Waals surface area contributed by atoms with E-state index in [-0.39, 0.29) is 11.3 Å². The first kappa shape index (κ1) is 11.5. The molecule has 0 aromatic rings. The highest BCUT2D eigenvalue weighted by Crippen LogP contribution is 2.37. The minimum Gasteiger partial charge on any atom is -0.383 e. The zero-order valence-corrected chi connectivity index (χ0v) is 8.84. The molecule has 0 unspecified atom stereocenters. The third-order valence-corrected chi connectivity index (χ3v) is 3.02. The van der Waals surface area contributed by atoms with Gasteiger partial charge in [0.25, 0.3) is 0 Å². The molecule has 0 bridgehead atoms. The number of carbonyl (C=O) groups is 1. The summed E-state index contributed by atoms with van der Waals surface area (Å²) in [4.78, 5) is 11.8. The lowest BCUT2D eigenvalue weighted by Gasteiger charge is -2.25. The van der Waals surface area contributed by atoms with Gasteiger partial charge in [-0.25, -0.2) is 0 Å². The van der Waals surface area contributed by atoms with Crippen LogP contribution >= 0.6 is 0 Å². The van der Waals surface area contributed by atoms with Crippen molar-refractivity contribution in [1.82, 2.24) is 5.32 Å². The van der Waals surface area contributed by atoms with E-state index >= 15 is 0 Å². The Morgan fingerprint density at radius 1 is 1.50 bits per heavy atom. The molecule has 14 heavy (non-hydrogen) atoms. The molecule has 1 aliphatic rings. The van der Waals surface area contributed by atoms with E-state index in [9.17, 15) is 4.79 Å². The van der Waals surface area contributed by atoms with Crippen molar-refractivity contribution in [2.75, 3.05) is 26.8 Å². The van der Waals surface area contributed by atoms with Crippen LogP contribution in [0.4, 0.5) is 0 Å². The Morgan fingerprint density at radius 2 is 2.14 bits per heavy atom. The van der Waals surface area contributed by atoms with Gasteiger partial charge in [-0.3, -0.25) is 4.79 Å². The zero-order valence-electron chi connectivity index (χ0n) is 8.84. The Labute approximate surface area is 85.2 Å². The van der Waals surface area contributed by atoms with Gasteiger partial charge in [-0.1, -0.05) is 12.8 Å². The molecule has 0 aliphatic heterocycles. The summed E-state index contributed by atoms with van der Waals surface area (Å²) in [5, 5.41) is 2.87. The quantitative estimate of drug-likeness (QED) is 0.626. The second-order valence-corrected chi connectivity index (χ2v) is 3.94. The van der Waals surface area contributed by atoms with E-state index in [0.717, 1.165) is 25.7 Å². The van der Waals surface area contributed by atoms with Crippen molar-refractivity contribution in [1.29, 1.82) is 0 Å². The van der Waals surface area contributed by atoms with Gasteiger partial charge in [0.05, 0.1) is 12.0 Å². The largest absolute Gasteiger partial charge is 0.383 e. The maximum absolute atomic E-state index is 11.8. The average Bonchev–Trinajstić information content (AvgIpc) is 2.67. The molecule has 3 N–H and O–H groups in total. The van der Waals surface area contributed by atoms with E-state index in [2.05, 4.69) is 5.32 Å². The number of carbonyl (C=O) groups excluding carboxylic acids is 1. The van der Waals surface area contributed by atoms with Gasteiger partial charge < -0.3 is 15.8 Å². The summed E-state index contributed by atoms with van der Waals surface area (Å²) in [6.45, 7) is 1.61. The summed E-state index contributed by atoms with van der Waals surface area (Å²) >= 11 is 0. The number of ether oxygens (including phenoxy) is 1. The molecule has 1 amide bonds. The van der Waals surface area contributed by atoms with Crippen LogP contribution in [0.3, 0.4) is 0 Å². The zero-order chi connectivity index (χ0) is 10.4. The molecule has 0 heterocycles. The molecule has 0 atom stereocenters. The van der Waals surface area contributed by atoms with Crippen LogP contribution in [0.15, 0.2) is 0 Å². The predicted octanol–water partition coefficient (Wildman–Crippen LogP) is 0.268. The van der Waals surface area contributed by atoms with Crippen molar-refractivity contribution in [3.8, 4) is 0 Å². The standard InChI is InChI=1S/C10H20N2O2/c1-14-7-6-12-9(13)10(8-11)4-2-3-5-10/h2-8,11H2,1H3,(H,12,13). The molecule has 0 aromatic heterocycles. The SMILES string of the molecule is COCCNC(=O)C1(CN)CCCC1. The Balaban J connectivity index is 2.40. The number of hydrogen-bond donors (Lipinski definition) is 2. The summed E-state index contributed by atoms with van der Waals surface area (Å²) < 4.78 is 4.88. The van der Waals surface area contributed by atoms with E-state index < -0.39 is 0 Å². The second-order valence-electron chi connectivity index (χ2n) is 3.94. The summed E-state index contributed by atoms with van der Waals surface area (Å²) in [5.41, 5.74) is 5.40. The number of methoxy groups -OCH3 is 1. The Bertz CT molecular complexity index is 189. The maximum Gasteiger partial charge on any atom is 0.227 e. The normalized spacial score (nSPS) is 19.6. The molecule has 0 aromatic carbocycles. The Morgan fingerprint density at radius 3 is 2.64 bits per heavy atom. The van der Waals surface area contributed by atoms with Crippen molar-refractivity contribution < 1.29 is 9.53 Å². The van der Waals surface area contributed by atoms with Gasteiger partial charge in [0.1, 0.15) is 0 Å². The van der Waals surface area contributed by atoms with Crippen molar-refractivity contribution in [2.24, 2.45) is 11.1 Å². The average molecular weight is 200 g/mol. The molecule has 82 valence electrons. The van der Waals surface area contributed by atoms with Crippen LogP contribution < -0.4 is 11.1 Å². The fraction of sp³-hybridized carbons (Fsp3) is 0.900. The van der Waals surface area contributed by atoms with Gasteiger partial charge in [0.2, 0.25) is 5.91 Å².